The maximum Gasteiger partial charge on any atom is 0.269 e. The summed E-state index contributed by atoms with van der Waals surface area (Å²) in [6.07, 6.45) is 0.231. The Bertz CT molecular complexity index is 876. The maximum absolute atomic E-state index is 12.5. The van der Waals surface area contributed by atoms with Crippen LogP contribution in [-0.2, 0) is 4.79 Å². The van der Waals surface area contributed by atoms with Gasteiger partial charge < -0.3 is 4.90 Å². The Morgan fingerprint density at radius 3 is 2.41 bits per heavy atom. The molecular formula is C21H24N2O4. The molecule has 0 aliphatic carbocycles. The van der Waals surface area contributed by atoms with Crippen molar-refractivity contribution in [2.24, 2.45) is 0 Å². The Labute approximate surface area is 159 Å². The van der Waals surface area contributed by atoms with Crippen LogP contribution in [0.15, 0.2) is 42.5 Å². The molecule has 0 fully saturated rings. The van der Waals surface area contributed by atoms with E-state index in [0.29, 0.717) is 11.1 Å². The third-order valence-corrected chi connectivity index (χ3v) is 4.93. The van der Waals surface area contributed by atoms with Crippen LogP contribution in [0.1, 0.15) is 52.9 Å². The summed E-state index contributed by atoms with van der Waals surface area (Å²) in [5.74, 6) is -0.242. The zero-order valence-corrected chi connectivity index (χ0v) is 16.1. The highest BCUT2D eigenvalue weighted by Crippen LogP contribution is 2.24. The molecule has 2 aromatic carbocycles. The van der Waals surface area contributed by atoms with E-state index in [1.165, 1.54) is 17.0 Å². The number of nitro benzene ring substituents is 1. The number of benzene rings is 2. The fourth-order valence-electron chi connectivity index (χ4n) is 2.79. The van der Waals surface area contributed by atoms with Crippen LogP contribution in [0.5, 0.6) is 0 Å². The minimum Gasteiger partial charge on any atom is -0.339 e. The Morgan fingerprint density at radius 1 is 1.07 bits per heavy atom. The van der Waals surface area contributed by atoms with Crippen molar-refractivity contribution in [3.63, 3.8) is 0 Å². The summed E-state index contributed by atoms with van der Waals surface area (Å²) in [7, 11) is 1.65. The normalized spacial score (nSPS) is 11.7. The number of rotatable bonds is 7. The summed E-state index contributed by atoms with van der Waals surface area (Å²) in [5, 5.41) is 10.9. The predicted molar refractivity (Wildman–Crippen MR) is 104 cm³/mol. The van der Waals surface area contributed by atoms with Crippen LogP contribution < -0.4 is 0 Å². The zero-order chi connectivity index (χ0) is 20.1. The lowest BCUT2D eigenvalue weighted by atomic mass is 10.0. The van der Waals surface area contributed by atoms with Crippen LogP contribution in [0.3, 0.4) is 0 Å². The van der Waals surface area contributed by atoms with Crippen LogP contribution >= 0.6 is 0 Å². The Balaban J connectivity index is 2.00. The van der Waals surface area contributed by atoms with E-state index in [-0.39, 0.29) is 36.3 Å². The molecule has 0 radical (unpaired) electrons. The van der Waals surface area contributed by atoms with Gasteiger partial charge in [-0.3, -0.25) is 19.7 Å². The number of Topliss-reactive ketones (excluding diaryl/α,β-unsaturated/α-hetero) is 1. The smallest absolute Gasteiger partial charge is 0.269 e. The summed E-state index contributed by atoms with van der Waals surface area (Å²) in [5.41, 5.74) is 3.45. The quantitative estimate of drug-likeness (QED) is 0.412. The number of carbonyl (C=O) groups excluding carboxylic acids is 2. The minimum absolute atomic E-state index is 0.00915. The van der Waals surface area contributed by atoms with Crippen molar-refractivity contribution in [2.75, 3.05) is 7.05 Å². The van der Waals surface area contributed by atoms with E-state index in [1.54, 1.807) is 25.2 Å². The van der Waals surface area contributed by atoms with Crippen molar-refractivity contribution < 1.29 is 14.5 Å². The highest BCUT2D eigenvalue weighted by molar-refractivity contribution is 5.98. The van der Waals surface area contributed by atoms with E-state index in [0.717, 1.165) is 11.1 Å². The van der Waals surface area contributed by atoms with E-state index in [1.807, 2.05) is 32.9 Å². The molecule has 2 aromatic rings. The number of aryl methyl sites for hydroxylation is 2. The molecule has 0 bridgehead atoms. The first kappa shape index (κ1) is 20.3. The van der Waals surface area contributed by atoms with Crippen molar-refractivity contribution in [1.29, 1.82) is 0 Å². The Hall–Kier alpha value is -3.02. The second-order valence-corrected chi connectivity index (χ2v) is 6.75. The lowest BCUT2D eigenvalue weighted by molar-refractivity contribution is -0.384. The minimum atomic E-state index is -0.458. The molecule has 0 N–H and O–H groups in total. The van der Waals surface area contributed by atoms with Gasteiger partial charge in [0, 0.05) is 37.6 Å². The molecule has 6 heteroatoms. The van der Waals surface area contributed by atoms with Crippen molar-refractivity contribution in [3.05, 3.63) is 74.8 Å². The number of non-ortho nitro benzene ring substituents is 1. The van der Waals surface area contributed by atoms with Crippen LogP contribution in [-0.4, -0.2) is 28.6 Å². The largest absolute Gasteiger partial charge is 0.339 e. The van der Waals surface area contributed by atoms with Crippen LogP contribution in [0.4, 0.5) is 5.69 Å². The fourth-order valence-corrected chi connectivity index (χ4v) is 2.79. The summed E-state index contributed by atoms with van der Waals surface area (Å²) in [4.78, 5) is 36.8. The molecule has 6 nitrogen and oxygen atoms in total. The second-order valence-electron chi connectivity index (χ2n) is 6.75. The van der Waals surface area contributed by atoms with E-state index in [9.17, 15) is 19.7 Å². The molecule has 0 aliphatic rings. The number of hydrogen-bond donors (Lipinski definition) is 0. The van der Waals surface area contributed by atoms with Gasteiger partial charge in [-0.25, -0.2) is 0 Å². The van der Waals surface area contributed by atoms with Gasteiger partial charge in [0.05, 0.1) is 11.0 Å². The maximum atomic E-state index is 12.5. The number of carbonyl (C=O) groups is 2. The van der Waals surface area contributed by atoms with Gasteiger partial charge in [-0.1, -0.05) is 24.3 Å². The second kappa shape index (κ2) is 8.58. The predicted octanol–water partition coefficient (Wildman–Crippen LogP) is 4.39. The first-order valence-corrected chi connectivity index (χ1v) is 8.81. The van der Waals surface area contributed by atoms with Crippen LogP contribution in [0, 0.1) is 24.0 Å². The molecule has 0 aromatic heterocycles. The fraction of sp³-hybridized carbons (Fsp3) is 0.333. The molecule has 0 spiro atoms. The van der Waals surface area contributed by atoms with Crippen molar-refractivity contribution >= 4 is 17.4 Å². The molecule has 0 aliphatic heterocycles. The van der Waals surface area contributed by atoms with E-state index < -0.39 is 4.92 Å². The van der Waals surface area contributed by atoms with Gasteiger partial charge in [-0.05, 0) is 43.5 Å². The number of hydrogen-bond acceptors (Lipinski definition) is 4. The number of amides is 1. The van der Waals surface area contributed by atoms with Gasteiger partial charge in [0.1, 0.15) is 0 Å². The average molecular weight is 368 g/mol. The molecule has 0 saturated carbocycles. The van der Waals surface area contributed by atoms with Crippen molar-refractivity contribution in [1.82, 2.24) is 4.90 Å². The number of nitrogens with zero attached hydrogens (tertiary/aromatic N) is 2. The molecule has 0 heterocycles. The molecule has 1 atom stereocenters. The molecular weight excluding hydrogens is 344 g/mol. The first-order chi connectivity index (χ1) is 12.7. The lowest BCUT2D eigenvalue weighted by Crippen LogP contribution is -2.30. The van der Waals surface area contributed by atoms with Crippen LogP contribution in [0.2, 0.25) is 0 Å². The average Bonchev–Trinajstić information content (AvgIpc) is 2.66. The van der Waals surface area contributed by atoms with E-state index >= 15 is 0 Å². The standard InChI is InChI=1S/C21H24N2O4/c1-14-8-9-18(12-15(14)2)20(24)10-11-21(25)22(4)16(3)17-6-5-7-19(13-17)23(26)27/h5-9,12-13,16H,10-11H2,1-4H3/t16-/m0/s1. The number of nitro groups is 1. The molecule has 1 amide bonds. The Morgan fingerprint density at radius 2 is 1.78 bits per heavy atom. The van der Waals surface area contributed by atoms with E-state index in [2.05, 4.69) is 0 Å². The zero-order valence-electron chi connectivity index (χ0n) is 16.1. The topological polar surface area (TPSA) is 80.5 Å². The lowest BCUT2D eigenvalue weighted by Gasteiger charge is -2.25. The molecule has 142 valence electrons. The summed E-state index contributed by atoms with van der Waals surface area (Å²) >= 11 is 0. The van der Waals surface area contributed by atoms with Gasteiger partial charge in [0.25, 0.3) is 5.69 Å². The molecule has 0 saturated heterocycles. The van der Waals surface area contributed by atoms with E-state index in [4.69, 9.17) is 0 Å². The summed E-state index contributed by atoms with van der Waals surface area (Å²) < 4.78 is 0. The third-order valence-electron chi connectivity index (χ3n) is 4.93. The molecule has 27 heavy (non-hydrogen) atoms. The Kier molecular flexibility index (Phi) is 6.45. The first-order valence-electron chi connectivity index (χ1n) is 8.81. The van der Waals surface area contributed by atoms with Crippen molar-refractivity contribution in [2.45, 2.75) is 39.7 Å². The van der Waals surface area contributed by atoms with Gasteiger partial charge >= 0.3 is 0 Å². The van der Waals surface area contributed by atoms with Crippen LogP contribution in [0.25, 0.3) is 0 Å². The highest BCUT2D eigenvalue weighted by Gasteiger charge is 2.20. The SMILES string of the molecule is Cc1ccc(C(=O)CCC(=O)N(C)[C@@H](C)c2cccc([N+](=O)[O-])c2)cc1C. The van der Waals surface area contributed by atoms with Gasteiger partial charge in [-0.2, -0.15) is 0 Å². The highest BCUT2D eigenvalue weighted by atomic mass is 16.6. The third kappa shape index (κ3) is 5.00. The molecule has 0 unspecified atom stereocenters. The molecule has 2 rings (SSSR count). The number of ketones is 1. The van der Waals surface area contributed by atoms with Gasteiger partial charge in [0.2, 0.25) is 5.91 Å². The van der Waals surface area contributed by atoms with Gasteiger partial charge in [0.15, 0.2) is 5.78 Å². The summed E-state index contributed by atoms with van der Waals surface area (Å²) in [6.45, 7) is 5.74. The van der Waals surface area contributed by atoms with Crippen molar-refractivity contribution in [3.8, 4) is 0 Å². The van der Waals surface area contributed by atoms with Gasteiger partial charge in [-0.15, -0.1) is 0 Å². The monoisotopic (exact) mass is 368 g/mol. The summed E-state index contributed by atoms with van der Waals surface area (Å²) in [6, 6.07) is 11.4.